The fraction of sp³-hybridized carbons (Fsp3) is 0.400. The zero-order valence-electron chi connectivity index (χ0n) is 11.7. The standard InChI is InChI=1S/C15H22N4/c1-3-19(11-13-7-5-4-6-8-13)14(9-16)15-10-17-12-18(15)2/h4-8,10,12,14H,3,9,11,16H2,1-2H3. The number of rotatable bonds is 6. The third kappa shape index (κ3) is 3.22. The second-order valence-electron chi connectivity index (χ2n) is 4.73. The summed E-state index contributed by atoms with van der Waals surface area (Å²) < 4.78 is 2.05. The maximum absolute atomic E-state index is 5.98. The summed E-state index contributed by atoms with van der Waals surface area (Å²) >= 11 is 0. The molecule has 4 nitrogen and oxygen atoms in total. The van der Waals surface area contributed by atoms with Crippen molar-refractivity contribution in [3.05, 3.63) is 54.1 Å². The average Bonchev–Trinajstić information content (AvgIpc) is 2.86. The summed E-state index contributed by atoms with van der Waals surface area (Å²) in [6.45, 7) is 4.63. The van der Waals surface area contributed by atoms with Gasteiger partial charge in [-0.1, -0.05) is 37.3 Å². The van der Waals surface area contributed by atoms with Crippen LogP contribution in [-0.2, 0) is 13.6 Å². The molecule has 0 aliphatic carbocycles. The second-order valence-corrected chi connectivity index (χ2v) is 4.73. The van der Waals surface area contributed by atoms with Gasteiger partial charge in [0.25, 0.3) is 0 Å². The smallest absolute Gasteiger partial charge is 0.0946 e. The van der Waals surface area contributed by atoms with E-state index >= 15 is 0 Å². The van der Waals surface area contributed by atoms with Crippen LogP contribution >= 0.6 is 0 Å². The SMILES string of the molecule is CCN(Cc1ccccc1)C(CN)c1cncn1C. The van der Waals surface area contributed by atoms with Gasteiger partial charge in [0.1, 0.15) is 0 Å². The fourth-order valence-electron chi connectivity index (χ4n) is 2.41. The summed E-state index contributed by atoms with van der Waals surface area (Å²) in [6.07, 6.45) is 3.74. The molecule has 0 radical (unpaired) electrons. The van der Waals surface area contributed by atoms with Gasteiger partial charge >= 0.3 is 0 Å². The third-order valence-corrected chi connectivity index (χ3v) is 3.49. The molecule has 0 aliphatic rings. The van der Waals surface area contributed by atoms with E-state index in [0.717, 1.165) is 13.1 Å². The topological polar surface area (TPSA) is 47.1 Å². The van der Waals surface area contributed by atoms with E-state index in [9.17, 15) is 0 Å². The molecule has 2 aromatic rings. The molecule has 0 spiro atoms. The van der Waals surface area contributed by atoms with Gasteiger partial charge in [-0.3, -0.25) is 4.90 Å². The van der Waals surface area contributed by atoms with Crippen molar-refractivity contribution < 1.29 is 0 Å². The number of imidazole rings is 1. The maximum Gasteiger partial charge on any atom is 0.0946 e. The number of nitrogens with two attached hydrogens (primary N) is 1. The molecule has 0 saturated heterocycles. The highest BCUT2D eigenvalue weighted by Crippen LogP contribution is 2.20. The molecule has 1 unspecified atom stereocenters. The Morgan fingerprint density at radius 3 is 2.58 bits per heavy atom. The van der Waals surface area contributed by atoms with Gasteiger partial charge in [0.15, 0.2) is 0 Å². The Bertz CT molecular complexity index is 492. The van der Waals surface area contributed by atoms with Crippen LogP contribution in [0.5, 0.6) is 0 Å². The number of benzene rings is 1. The van der Waals surface area contributed by atoms with E-state index in [1.807, 2.05) is 30.2 Å². The number of hydrogen-bond donors (Lipinski definition) is 1. The van der Waals surface area contributed by atoms with E-state index in [0.29, 0.717) is 6.54 Å². The van der Waals surface area contributed by atoms with Crippen LogP contribution in [0.2, 0.25) is 0 Å². The first-order chi connectivity index (χ1) is 9.26. The summed E-state index contributed by atoms with van der Waals surface area (Å²) in [7, 11) is 2.02. The Labute approximate surface area is 114 Å². The number of aryl methyl sites for hydroxylation is 1. The minimum absolute atomic E-state index is 0.206. The van der Waals surface area contributed by atoms with Crippen LogP contribution in [-0.4, -0.2) is 27.5 Å². The Hall–Kier alpha value is -1.65. The number of nitrogens with zero attached hydrogens (tertiary/aromatic N) is 3. The van der Waals surface area contributed by atoms with Crippen LogP contribution in [0.3, 0.4) is 0 Å². The maximum atomic E-state index is 5.98. The largest absolute Gasteiger partial charge is 0.336 e. The molecule has 1 atom stereocenters. The van der Waals surface area contributed by atoms with Gasteiger partial charge in [0, 0.05) is 26.3 Å². The molecule has 1 aromatic heterocycles. The molecule has 2 rings (SSSR count). The van der Waals surface area contributed by atoms with Crippen molar-refractivity contribution in [1.29, 1.82) is 0 Å². The van der Waals surface area contributed by atoms with Crippen molar-refractivity contribution in [2.24, 2.45) is 12.8 Å². The molecular weight excluding hydrogens is 236 g/mol. The zero-order chi connectivity index (χ0) is 13.7. The van der Waals surface area contributed by atoms with Crippen LogP contribution in [0.25, 0.3) is 0 Å². The average molecular weight is 258 g/mol. The van der Waals surface area contributed by atoms with Gasteiger partial charge < -0.3 is 10.3 Å². The van der Waals surface area contributed by atoms with Crippen molar-refractivity contribution in [2.45, 2.75) is 19.5 Å². The van der Waals surface area contributed by atoms with Crippen molar-refractivity contribution in [2.75, 3.05) is 13.1 Å². The summed E-state index contributed by atoms with van der Waals surface area (Å²) in [5.74, 6) is 0. The van der Waals surface area contributed by atoms with Gasteiger partial charge in [-0.05, 0) is 12.1 Å². The van der Waals surface area contributed by atoms with Gasteiger partial charge in [-0.25, -0.2) is 4.98 Å². The van der Waals surface area contributed by atoms with E-state index < -0.39 is 0 Å². The van der Waals surface area contributed by atoms with Gasteiger partial charge in [-0.15, -0.1) is 0 Å². The van der Waals surface area contributed by atoms with Crippen LogP contribution < -0.4 is 5.73 Å². The number of aromatic nitrogens is 2. The lowest BCUT2D eigenvalue weighted by Gasteiger charge is -2.30. The number of hydrogen-bond acceptors (Lipinski definition) is 3. The minimum atomic E-state index is 0.206. The van der Waals surface area contributed by atoms with Crippen LogP contribution in [0.15, 0.2) is 42.9 Å². The van der Waals surface area contributed by atoms with Crippen LogP contribution in [0.1, 0.15) is 24.2 Å². The van der Waals surface area contributed by atoms with Crippen LogP contribution in [0.4, 0.5) is 0 Å². The second kappa shape index (κ2) is 6.50. The minimum Gasteiger partial charge on any atom is -0.336 e. The molecule has 0 bridgehead atoms. The molecule has 4 heteroatoms. The van der Waals surface area contributed by atoms with Crippen LogP contribution in [0, 0.1) is 0 Å². The predicted molar refractivity (Wildman–Crippen MR) is 77.5 cm³/mol. The molecule has 1 heterocycles. The first kappa shape index (κ1) is 13.8. The number of likely N-dealkylation sites (N-methyl/N-ethyl adjacent to an activating group) is 1. The molecule has 0 fully saturated rings. The molecule has 0 aliphatic heterocycles. The highest BCUT2D eigenvalue weighted by molar-refractivity contribution is 5.15. The summed E-state index contributed by atoms with van der Waals surface area (Å²) in [5, 5.41) is 0. The Morgan fingerprint density at radius 2 is 2.05 bits per heavy atom. The molecule has 1 aromatic carbocycles. The summed E-state index contributed by atoms with van der Waals surface area (Å²) in [4.78, 5) is 6.58. The highest BCUT2D eigenvalue weighted by Gasteiger charge is 2.20. The van der Waals surface area contributed by atoms with E-state index in [1.165, 1.54) is 11.3 Å². The van der Waals surface area contributed by atoms with E-state index in [-0.39, 0.29) is 6.04 Å². The predicted octanol–water partition coefficient (Wildman–Crippen LogP) is 1.94. The molecule has 102 valence electrons. The van der Waals surface area contributed by atoms with Gasteiger partial charge in [-0.2, -0.15) is 0 Å². The van der Waals surface area contributed by atoms with Gasteiger partial charge in [0.05, 0.1) is 18.1 Å². The Balaban J connectivity index is 2.18. The lowest BCUT2D eigenvalue weighted by molar-refractivity contribution is 0.197. The van der Waals surface area contributed by atoms with Crippen molar-refractivity contribution >= 4 is 0 Å². The van der Waals surface area contributed by atoms with Gasteiger partial charge in [0.2, 0.25) is 0 Å². The first-order valence-corrected chi connectivity index (χ1v) is 6.70. The highest BCUT2D eigenvalue weighted by atomic mass is 15.2. The van der Waals surface area contributed by atoms with Crippen molar-refractivity contribution in [3.63, 3.8) is 0 Å². The molecular formula is C15H22N4. The van der Waals surface area contributed by atoms with E-state index in [2.05, 4.69) is 41.1 Å². The van der Waals surface area contributed by atoms with E-state index in [1.54, 1.807) is 0 Å². The van der Waals surface area contributed by atoms with Crippen molar-refractivity contribution in [3.8, 4) is 0 Å². The summed E-state index contributed by atoms with van der Waals surface area (Å²) in [5.41, 5.74) is 8.46. The van der Waals surface area contributed by atoms with E-state index in [4.69, 9.17) is 5.73 Å². The molecule has 0 amide bonds. The Kier molecular flexibility index (Phi) is 4.71. The lowest BCUT2D eigenvalue weighted by Crippen LogP contribution is -2.34. The molecule has 0 saturated carbocycles. The Morgan fingerprint density at radius 1 is 1.32 bits per heavy atom. The normalized spacial score (nSPS) is 12.8. The fourth-order valence-corrected chi connectivity index (χ4v) is 2.41. The first-order valence-electron chi connectivity index (χ1n) is 6.70. The van der Waals surface area contributed by atoms with Crippen molar-refractivity contribution in [1.82, 2.24) is 14.5 Å². The lowest BCUT2D eigenvalue weighted by atomic mass is 10.1. The summed E-state index contributed by atoms with van der Waals surface area (Å²) in [6, 6.07) is 10.7. The third-order valence-electron chi connectivity index (χ3n) is 3.49. The monoisotopic (exact) mass is 258 g/mol. The molecule has 2 N–H and O–H groups in total. The quantitative estimate of drug-likeness (QED) is 0.861. The molecule has 19 heavy (non-hydrogen) atoms. The zero-order valence-corrected chi connectivity index (χ0v) is 11.7.